The predicted octanol–water partition coefficient (Wildman–Crippen LogP) is 4.53. The standard InChI is InChI=1S/C41H44FN11O3/c1-48-39-30(10-3-11-32(39)52(41(48)56)33-14-17-38(54)46-40(33)55)43-18-6-19-49-21-23-50(24-22-49)36-13-4-9-29(45-36)34-26-44-35-15-16-37(47-53(34)35)51-20-5-12-31(51)27-7-2-8-28(42)25-27/h2-4,7-11,13,15-16,25-26,31,33,43H,5-6,12,14,17-24H2,1H3,(H,46,54,55)/t31-,33?/m1/s1. The van der Waals surface area contributed by atoms with Crippen molar-refractivity contribution in [2.75, 3.05) is 60.9 Å². The summed E-state index contributed by atoms with van der Waals surface area (Å²) in [6.07, 6.45) is 5.20. The lowest BCUT2D eigenvalue weighted by Gasteiger charge is -2.35. The number of fused-ring (bicyclic) bond motifs is 2. The second-order valence-corrected chi connectivity index (χ2v) is 14.9. The molecule has 9 rings (SSSR count). The SMILES string of the molecule is Cn1c(=O)n(C2CCC(=O)NC2=O)c2cccc(NCCCN3CCN(c4cccc(-c5cnc6ccc(N7CCC[C@@H]7c7cccc(F)c7)nn56)n4)CC3)c21. The van der Waals surface area contributed by atoms with Crippen LogP contribution in [0.4, 0.5) is 21.7 Å². The van der Waals surface area contributed by atoms with Gasteiger partial charge < -0.3 is 15.1 Å². The summed E-state index contributed by atoms with van der Waals surface area (Å²) in [5.74, 6) is 0.782. The maximum atomic E-state index is 14.1. The van der Waals surface area contributed by atoms with Crippen molar-refractivity contribution in [3.63, 3.8) is 0 Å². The van der Waals surface area contributed by atoms with Crippen LogP contribution in [-0.4, -0.2) is 91.2 Å². The lowest BCUT2D eigenvalue weighted by Crippen LogP contribution is -2.47. The smallest absolute Gasteiger partial charge is 0.329 e. The summed E-state index contributed by atoms with van der Waals surface area (Å²) in [6, 6.07) is 22.0. The van der Waals surface area contributed by atoms with Crippen LogP contribution in [0.1, 0.15) is 49.8 Å². The predicted molar refractivity (Wildman–Crippen MR) is 212 cm³/mol. The van der Waals surface area contributed by atoms with Gasteiger partial charge in [-0.15, -0.1) is 5.10 Å². The van der Waals surface area contributed by atoms with Gasteiger partial charge in [0.05, 0.1) is 34.7 Å². The zero-order chi connectivity index (χ0) is 38.3. The molecule has 2 aromatic carbocycles. The molecule has 4 aromatic heterocycles. The van der Waals surface area contributed by atoms with Crippen molar-refractivity contribution in [2.24, 2.45) is 7.05 Å². The van der Waals surface area contributed by atoms with Gasteiger partial charge in [-0.2, -0.15) is 0 Å². The molecule has 7 heterocycles. The fourth-order valence-corrected chi connectivity index (χ4v) is 8.57. The molecule has 0 saturated carbocycles. The fraction of sp³-hybridized carbons (Fsp3) is 0.366. The van der Waals surface area contributed by atoms with Crippen LogP contribution in [0, 0.1) is 5.82 Å². The maximum absolute atomic E-state index is 14.1. The van der Waals surface area contributed by atoms with E-state index < -0.39 is 11.9 Å². The number of nitrogens with zero attached hydrogens (tertiary/aromatic N) is 9. The van der Waals surface area contributed by atoms with E-state index in [1.54, 1.807) is 23.7 Å². The zero-order valence-corrected chi connectivity index (χ0v) is 31.3. The van der Waals surface area contributed by atoms with Crippen LogP contribution in [0.25, 0.3) is 28.1 Å². The second kappa shape index (κ2) is 14.9. The quantitative estimate of drug-likeness (QED) is 0.152. The average Bonchev–Trinajstić information content (AvgIpc) is 3.94. The first-order valence-electron chi connectivity index (χ1n) is 19.4. The van der Waals surface area contributed by atoms with Crippen LogP contribution in [0.15, 0.2) is 83.8 Å². The molecule has 3 fully saturated rings. The summed E-state index contributed by atoms with van der Waals surface area (Å²) in [5.41, 5.74) is 5.30. The fourth-order valence-electron chi connectivity index (χ4n) is 8.57. The van der Waals surface area contributed by atoms with Crippen molar-refractivity contribution >= 4 is 45.8 Å². The molecule has 288 valence electrons. The summed E-state index contributed by atoms with van der Waals surface area (Å²) in [4.78, 5) is 54.4. The zero-order valence-electron chi connectivity index (χ0n) is 31.3. The number of para-hydroxylation sites is 1. The number of anilines is 3. The maximum Gasteiger partial charge on any atom is 0.329 e. The van der Waals surface area contributed by atoms with Gasteiger partial charge in [0, 0.05) is 52.7 Å². The van der Waals surface area contributed by atoms with E-state index in [2.05, 4.69) is 36.4 Å². The average molecular weight is 758 g/mol. The number of carbonyl (C=O) groups is 2. The Balaban J connectivity index is 0.822. The number of aromatic nitrogens is 6. The number of imidazole rings is 2. The van der Waals surface area contributed by atoms with E-state index in [0.29, 0.717) is 11.9 Å². The van der Waals surface area contributed by atoms with Crippen LogP contribution in [0.5, 0.6) is 0 Å². The Bertz CT molecular complexity index is 2500. The Morgan fingerprint density at radius 2 is 1.73 bits per heavy atom. The third-order valence-electron chi connectivity index (χ3n) is 11.4. The molecule has 3 saturated heterocycles. The Kier molecular flexibility index (Phi) is 9.45. The number of aryl methyl sites for hydroxylation is 1. The van der Waals surface area contributed by atoms with Gasteiger partial charge >= 0.3 is 5.69 Å². The van der Waals surface area contributed by atoms with Gasteiger partial charge in [-0.05, 0) is 86.3 Å². The van der Waals surface area contributed by atoms with Crippen molar-refractivity contribution in [3.05, 3.63) is 101 Å². The van der Waals surface area contributed by atoms with E-state index in [4.69, 9.17) is 10.1 Å². The lowest BCUT2D eigenvalue weighted by molar-refractivity contribution is -0.135. The second-order valence-electron chi connectivity index (χ2n) is 14.9. The molecule has 2 N–H and O–H groups in total. The molecule has 56 heavy (non-hydrogen) atoms. The number of hydrogen-bond donors (Lipinski definition) is 2. The number of halogens is 1. The van der Waals surface area contributed by atoms with Gasteiger partial charge in [0.2, 0.25) is 11.8 Å². The highest BCUT2D eigenvalue weighted by atomic mass is 19.1. The number of piperidine rings is 1. The number of pyridine rings is 1. The molecule has 0 aliphatic carbocycles. The molecule has 0 spiro atoms. The van der Waals surface area contributed by atoms with E-state index in [-0.39, 0.29) is 29.9 Å². The van der Waals surface area contributed by atoms with Crippen molar-refractivity contribution < 1.29 is 14.0 Å². The highest BCUT2D eigenvalue weighted by Crippen LogP contribution is 2.36. The molecule has 0 radical (unpaired) electrons. The molecule has 1 unspecified atom stereocenters. The van der Waals surface area contributed by atoms with Crippen LogP contribution >= 0.6 is 0 Å². The minimum atomic E-state index is -0.713. The Labute approximate surface area is 322 Å². The minimum absolute atomic E-state index is 0.0671. The number of carbonyl (C=O) groups excluding carboxylic acids is 2. The first kappa shape index (κ1) is 35.6. The highest BCUT2D eigenvalue weighted by molar-refractivity contribution is 6.00. The van der Waals surface area contributed by atoms with Crippen LogP contribution in [0.3, 0.4) is 0 Å². The van der Waals surface area contributed by atoms with E-state index in [1.807, 2.05) is 59.2 Å². The molecule has 14 nitrogen and oxygen atoms in total. The van der Waals surface area contributed by atoms with Gasteiger partial charge in [0.25, 0.3) is 0 Å². The van der Waals surface area contributed by atoms with Crippen LogP contribution in [-0.2, 0) is 16.6 Å². The van der Waals surface area contributed by atoms with Crippen molar-refractivity contribution in [1.82, 2.24) is 38.9 Å². The number of imide groups is 1. The highest BCUT2D eigenvalue weighted by Gasteiger charge is 2.32. The van der Waals surface area contributed by atoms with E-state index >= 15 is 0 Å². The summed E-state index contributed by atoms with van der Waals surface area (Å²) in [5, 5.41) is 10.9. The van der Waals surface area contributed by atoms with Crippen molar-refractivity contribution in [1.29, 1.82) is 0 Å². The molecule has 15 heteroatoms. The summed E-state index contributed by atoms with van der Waals surface area (Å²) in [7, 11) is 1.72. The number of hydrogen-bond acceptors (Lipinski definition) is 10. The monoisotopic (exact) mass is 757 g/mol. The first-order valence-corrected chi connectivity index (χ1v) is 19.4. The molecule has 3 aliphatic rings. The Morgan fingerprint density at radius 1 is 0.893 bits per heavy atom. The van der Waals surface area contributed by atoms with Gasteiger partial charge in [0.15, 0.2) is 5.65 Å². The molecule has 0 bridgehead atoms. The number of piperazine rings is 1. The summed E-state index contributed by atoms with van der Waals surface area (Å²) in [6.45, 7) is 6.02. The molecule has 3 aliphatic heterocycles. The van der Waals surface area contributed by atoms with Gasteiger partial charge in [-0.25, -0.2) is 23.7 Å². The minimum Gasteiger partial charge on any atom is -0.383 e. The van der Waals surface area contributed by atoms with Crippen molar-refractivity contribution in [2.45, 2.75) is 44.2 Å². The van der Waals surface area contributed by atoms with Crippen LogP contribution < -0.4 is 26.1 Å². The first-order chi connectivity index (χ1) is 27.3. The van der Waals surface area contributed by atoms with Crippen LogP contribution in [0.2, 0.25) is 0 Å². The van der Waals surface area contributed by atoms with E-state index in [1.165, 1.54) is 10.6 Å². The third kappa shape index (κ3) is 6.65. The Morgan fingerprint density at radius 3 is 2.57 bits per heavy atom. The van der Waals surface area contributed by atoms with Crippen molar-refractivity contribution in [3.8, 4) is 11.4 Å². The number of amides is 2. The third-order valence-corrected chi connectivity index (χ3v) is 11.4. The van der Waals surface area contributed by atoms with E-state index in [9.17, 15) is 18.8 Å². The van der Waals surface area contributed by atoms with E-state index in [0.717, 1.165) is 111 Å². The Hall–Kier alpha value is -6.09. The largest absolute Gasteiger partial charge is 0.383 e. The van der Waals surface area contributed by atoms with Gasteiger partial charge in [-0.1, -0.05) is 24.3 Å². The topological polar surface area (TPSA) is 138 Å². The molecular formula is C41H44FN11O3. The lowest BCUT2D eigenvalue weighted by atomic mass is 10.0. The number of benzene rings is 2. The van der Waals surface area contributed by atoms with Gasteiger partial charge in [0.1, 0.15) is 29.2 Å². The number of rotatable bonds is 10. The molecular weight excluding hydrogens is 714 g/mol. The molecule has 2 atom stereocenters. The molecule has 6 aromatic rings. The normalized spacial score (nSPS) is 19.3. The van der Waals surface area contributed by atoms with Gasteiger partial charge in [-0.3, -0.25) is 28.9 Å². The summed E-state index contributed by atoms with van der Waals surface area (Å²) >= 11 is 0. The molecule has 2 amide bonds. The summed E-state index contributed by atoms with van der Waals surface area (Å²) < 4.78 is 19.0. The number of nitrogens with one attached hydrogen (secondary N) is 2.